The normalized spacial score (nSPS) is 15.3. The van der Waals surface area contributed by atoms with Crippen molar-refractivity contribution in [1.29, 1.82) is 0 Å². The van der Waals surface area contributed by atoms with E-state index in [9.17, 15) is 0 Å². The fourth-order valence-corrected chi connectivity index (χ4v) is 6.65. The quantitative estimate of drug-likeness (QED) is 0.129. The van der Waals surface area contributed by atoms with Crippen LogP contribution in [0.25, 0.3) is 28.9 Å². The maximum Gasteiger partial charge on any atom is 0.0317 e. The minimum absolute atomic E-state index is 0.127. The molecule has 1 atom stereocenters. The first kappa shape index (κ1) is 29.4. The van der Waals surface area contributed by atoms with Gasteiger partial charge >= 0.3 is 0 Å². The molecule has 5 aromatic carbocycles. The van der Waals surface area contributed by atoms with Gasteiger partial charge in [0.2, 0.25) is 0 Å². The van der Waals surface area contributed by atoms with Gasteiger partial charge in [-0.2, -0.15) is 0 Å². The second-order valence-corrected chi connectivity index (χ2v) is 12.6. The highest BCUT2D eigenvalue weighted by Crippen LogP contribution is 2.52. The van der Waals surface area contributed by atoms with E-state index in [-0.39, 0.29) is 5.92 Å². The maximum absolute atomic E-state index is 2.50. The molecule has 0 amide bonds. The van der Waals surface area contributed by atoms with Gasteiger partial charge < -0.3 is 0 Å². The minimum atomic E-state index is 0.127. The zero-order valence-corrected chi connectivity index (χ0v) is 26.6. The molecule has 0 saturated heterocycles. The third kappa shape index (κ3) is 5.90. The number of hydrogen-bond acceptors (Lipinski definition) is 0. The summed E-state index contributed by atoms with van der Waals surface area (Å²) in [6.45, 7) is 11.6. The molecule has 1 unspecified atom stereocenters. The zero-order valence-electron chi connectivity index (χ0n) is 26.6. The smallest absolute Gasteiger partial charge is 0.0317 e. The Morgan fingerprint density at radius 2 is 1.11 bits per heavy atom. The molecule has 0 saturated carbocycles. The predicted octanol–water partition coefficient (Wildman–Crippen LogP) is 12.3. The van der Waals surface area contributed by atoms with Crippen LogP contribution in [0.5, 0.6) is 0 Å². The summed E-state index contributed by atoms with van der Waals surface area (Å²) in [6, 6.07) is 48.7. The van der Waals surface area contributed by atoms with E-state index in [1.54, 1.807) is 0 Å². The summed E-state index contributed by atoms with van der Waals surface area (Å²) in [7, 11) is 0. The highest BCUT2D eigenvalue weighted by atomic mass is 14.4. The van der Waals surface area contributed by atoms with Crippen molar-refractivity contribution in [2.75, 3.05) is 0 Å². The van der Waals surface area contributed by atoms with E-state index in [0.717, 1.165) is 0 Å². The summed E-state index contributed by atoms with van der Waals surface area (Å²) in [6.07, 6.45) is 4.84. The van der Waals surface area contributed by atoms with Crippen LogP contribution in [0.15, 0.2) is 139 Å². The van der Waals surface area contributed by atoms with Gasteiger partial charge in [0, 0.05) is 5.92 Å². The second-order valence-electron chi connectivity index (χ2n) is 12.6. The van der Waals surface area contributed by atoms with E-state index < -0.39 is 0 Å². The Labute approximate surface area is 264 Å². The lowest BCUT2D eigenvalue weighted by Crippen LogP contribution is -2.08. The molecule has 5 aromatic rings. The van der Waals surface area contributed by atoms with Gasteiger partial charge in [0.25, 0.3) is 0 Å². The van der Waals surface area contributed by atoms with Crippen LogP contribution in [0.4, 0.5) is 0 Å². The van der Waals surface area contributed by atoms with E-state index in [0.29, 0.717) is 11.8 Å². The van der Waals surface area contributed by atoms with Gasteiger partial charge in [0.05, 0.1) is 0 Å². The summed E-state index contributed by atoms with van der Waals surface area (Å²) in [4.78, 5) is 0. The van der Waals surface area contributed by atoms with Gasteiger partial charge in [-0.05, 0) is 86.1 Å². The van der Waals surface area contributed by atoms with E-state index in [1.165, 1.54) is 66.8 Å². The first-order chi connectivity index (χ1) is 21.4. The molecule has 0 radical (unpaired) electrons. The lowest BCUT2D eigenvalue weighted by atomic mass is 9.76. The summed E-state index contributed by atoms with van der Waals surface area (Å²) in [5.41, 5.74) is 15.8. The van der Waals surface area contributed by atoms with Crippen molar-refractivity contribution in [3.8, 4) is 0 Å². The molecule has 0 nitrogen and oxygen atoms in total. The minimum Gasteiger partial charge on any atom is -0.0622 e. The molecule has 0 spiro atoms. The van der Waals surface area contributed by atoms with Gasteiger partial charge in [-0.1, -0.05) is 173 Å². The molecule has 0 aromatic heterocycles. The summed E-state index contributed by atoms with van der Waals surface area (Å²) in [5.74, 6) is 1.03. The summed E-state index contributed by atoms with van der Waals surface area (Å²) >= 11 is 0. The average molecular weight is 571 g/mol. The van der Waals surface area contributed by atoms with Crippen LogP contribution in [0.1, 0.15) is 96.9 Å². The first-order valence-corrected chi connectivity index (χ1v) is 16.0. The molecule has 0 aliphatic heterocycles. The zero-order chi connectivity index (χ0) is 30.6. The molecule has 0 heteroatoms. The van der Waals surface area contributed by atoms with Gasteiger partial charge in [-0.25, -0.2) is 0 Å². The van der Waals surface area contributed by atoms with Crippen LogP contribution < -0.4 is 0 Å². The molecule has 0 fully saturated rings. The standard InChI is InChI=1S/C44H42/c1-30(2)37-28-38(31(3)4)40-26-32(5)42(41(40)29-37)44(36-24-16-9-17-25-36)43(35-22-14-8-15-23-35)39(34-20-12-7-13-21-34)27-33-18-10-6-11-19-33/h6-31,42H,1-5H3. The summed E-state index contributed by atoms with van der Waals surface area (Å²) in [5, 5.41) is 0. The number of fused-ring (bicyclic) bond motifs is 1. The molecule has 1 aliphatic rings. The number of benzene rings is 5. The van der Waals surface area contributed by atoms with E-state index in [2.05, 4.69) is 180 Å². The molecule has 218 valence electrons. The number of hydrogen-bond donors (Lipinski definition) is 0. The molecule has 0 heterocycles. The van der Waals surface area contributed by atoms with Crippen molar-refractivity contribution in [3.63, 3.8) is 0 Å². The topological polar surface area (TPSA) is 0 Å². The lowest BCUT2D eigenvalue weighted by molar-refractivity contribution is 0.826. The highest BCUT2D eigenvalue weighted by molar-refractivity contribution is 6.20. The largest absolute Gasteiger partial charge is 0.0622 e. The van der Waals surface area contributed by atoms with Crippen LogP contribution in [0.3, 0.4) is 0 Å². The highest BCUT2D eigenvalue weighted by Gasteiger charge is 2.33. The molecule has 1 aliphatic carbocycles. The van der Waals surface area contributed by atoms with Gasteiger partial charge in [0.1, 0.15) is 0 Å². The van der Waals surface area contributed by atoms with Gasteiger partial charge in [-0.3, -0.25) is 0 Å². The van der Waals surface area contributed by atoms with Crippen LogP contribution in [0.2, 0.25) is 0 Å². The Balaban J connectivity index is 1.76. The third-order valence-corrected chi connectivity index (χ3v) is 8.86. The molecule has 0 N–H and O–H groups in total. The predicted molar refractivity (Wildman–Crippen MR) is 191 cm³/mol. The van der Waals surface area contributed by atoms with Crippen LogP contribution in [0, 0.1) is 0 Å². The van der Waals surface area contributed by atoms with E-state index in [1.807, 2.05) is 0 Å². The fraction of sp³-hybridized carbons (Fsp3) is 0.182. The lowest BCUT2D eigenvalue weighted by Gasteiger charge is -2.27. The molecule has 6 rings (SSSR count). The molecule has 0 bridgehead atoms. The van der Waals surface area contributed by atoms with Crippen molar-refractivity contribution >= 4 is 28.9 Å². The Kier molecular flexibility index (Phi) is 8.62. The Hall–Kier alpha value is -4.68. The van der Waals surface area contributed by atoms with Crippen molar-refractivity contribution in [1.82, 2.24) is 0 Å². The van der Waals surface area contributed by atoms with Crippen molar-refractivity contribution < 1.29 is 0 Å². The Morgan fingerprint density at radius 3 is 1.66 bits per heavy atom. The average Bonchev–Trinajstić information content (AvgIpc) is 3.38. The molecule has 44 heavy (non-hydrogen) atoms. The SMILES string of the molecule is CC1=Cc2c(C(C)C)cc(C(C)C)cc2C1C(=C(C(=Cc1ccccc1)c1ccccc1)c1ccccc1)c1ccccc1. The number of rotatable bonds is 8. The maximum atomic E-state index is 2.50. The Morgan fingerprint density at radius 1 is 0.591 bits per heavy atom. The first-order valence-electron chi connectivity index (χ1n) is 16.0. The van der Waals surface area contributed by atoms with Gasteiger partial charge in [-0.15, -0.1) is 0 Å². The van der Waals surface area contributed by atoms with Crippen LogP contribution in [-0.2, 0) is 0 Å². The fourth-order valence-electron chi connectivity index (χ4n) is 6.65. The summed E-state index contributed by atoms with van der Waals surface area (Å²) < 4.78 is 0. The van der Waals surface area contributed by atoms with Crippen molar-refractivity contribution in [2.45, 2.75) is 52.4 Å². The van der Waals surface area contributed by atoms with Crippen LogP contribution >= 0.6 is 0 Å². The van der Waals surface area contributed by atoms with E-state index in [4.69, 9.17) is 0 Å². The van der Waals surface area contributed by atoms with Crippen LogP contribution in [-0.4, -0.2) is 0 Å². The van der Waals surface area contributed by atoms with E-state index >= 15 is 0 Å². The number of allylic oxidation sites excluding steroid dienone is 4. The molecular formula is C44H42. The van der Waals surface area contributed by atoms with Crippen molar-refractivity contribution in [3.05, 3.63) is 184 Å². The Bertz CT molecular complexity index is 1820. The van der Waals surface area contributed by atoms with Gasteiger partial charge in [0.15, 0.2) is 0 Å². The second kappa shape index (κ2) is 12.9. The molecular weight excluding hydrogens is 528 g/mol. The van der Waals surface area contributed by atoms with Crippen molar-refractivity contribution in [2.24, 2.45) is 0 Å². The monoisotopic (exact) mass is 570 g/mol. The third-order valence-electron chi connectivity index (χ3n) is 8.86.